The van der Waals surface area contributed by atoms with E-state index in [9.17, 15) is 18.1 Å². The summed E-state index contributed by atoms with van der Waals surface area (Å²) in [7, 11) is 0. The van der Waals surface area contributed by atoms with Crippen LogP contribution in [0.2, 0.25) is 0 Å². The Balaban J connectivity index is 1.66. The molecule has 0 aliphatic rings. The minimum Gasteiger partial charge on any atom is -0.465 e. The van der Waals surface area contributed by atoms with Crippen LogP contribution in [-0.4, -0.2) is 18.6 Å². The lowest BCUT2D eigenvalue weighted by atomic mass is 10.0. The summed E-state index contributed by atoms with van der Waals surface area (Å²) < 4.78 is 51.2. The number of esters is 1. The van der Waals surface area contributed by atoms with Gasteiger partial charge in [-0.25, -0.2) is 18.4 Å². The molecule has 0 aliphatic heterocycles. The molecule has 0 aliphatic carbocycles. The van der Waals surface area contributed by atoms with Gasteiger partial charge in [0.05, 0.1) is 6.61 Å². The van der Waals surface area contributed by atoms with Crippen LogP contribution in [0, 0.1) is 11.6 Å². The van der Waals surface area contributed by atoms with Crippen molar-refractivity contribution in [3.05, 3.63) is 65.7 Å². The molecule has 2 aromatic rings. The number of benzene rings is 2. The quantitative estimate of drug-likeness (QED) is 0.0712. The summed E-state index contributed by atoms with van der Waals surface area (Å²) in [6.45, 7) is -1.58. The van der Waals surface area contributed by atoms with Crippen molar-refractivity contribution in [1.29, 1.82) is 0 Å². The van der Waals surface area contributed by atoms with Crippen molar-refractivity contribution >= 4 is 24.1 Å². The highest BCUT2D eigenvalue weighted by Crippen LogP contribution is 2.48. The van der Waals surface area contributed by atoms with Gasteiger partial charge in [-0.05, 0) is 42.7 Å². The first kappa shape index (κ1) is 36.2. The van der Waals surface area contributed by atoms with Crippen molar-refractivity contribution in [1.82, 2.24) is 5.09 Å². The fourth-order valence-corrected chi connectivity index (χ4v) is 6.51. The third-order valence-electron chi connectivity index (χ3n) is 7.16. The van der Waals surface area contributed by atoms with Gasteiger partial charge in [0.25, 0.3) is 0 Å². The van der Waals surface area contributed by atoms with E-state index in [1.54, 1.807) is 30.3 Å². The molecule has 0 fully saturated rings. The molecule has 2 aromatic carbocycles. The van der Waals surface area contributed by atoms with Gasteiger partial charge in [-0.15, -0.1) is 0 Å². The molecule has 0 amide bonds. The van der Waals surface area contributed by atoms with Gasteiger partial charge in [0.2, 0.25) is 0 Å². The number of ether oxygens (including phenoxy) is 1. The maximum atomic E-state index is 13.7. The van der Waals surface area contributed by atoms with Gasteiger partial charge in [0, 0.05) is 17.3 Å². The number of para-hydroxylation sites is 1. The number of hydrogen-bond donors (Lipinski definition) is 1. The van der Waals surface area contributed by atoms with Gasteiger partial charge in [-0.1, -0.05) is 121 Å². The number of carbonyl (C=O) groups is 1. The normalized spacial score (nSPS) is 13.4. The Bertz CT molecular complexity index is 1040. The first-order valence-corrected chi connectivity index (χ1v) is 18.3. The standard InChI is InChI=1S/C33H49ClF2NO4P/c1-2-3-4-5-6-7-8-9-10-11-12-13-14-15-16-20-23-40-33(38)32(26-28-24-29(35)27-30(36)25-28)37-42(34,39)41-31-21-18-17-19-22-31/h17-19,21-22,24-25,27,32H,2-16,20,23,26H2,1H3,(H,37,39)/t32-,42?/m0/s1. The maximum absolute atomic E-state index is 13.7. The van der Waals surface area contributed by atoms with Gasteiger partial charge in [0.1, 0.15) is 23.4 Å². The molecule has 0 radical (unpaired) electrons. The van der Waals surface area contributed by atoms with E-state index in [4.69, 9.17) is 20.5 Å². The molecular weight excluding hydrogens is 579 g/mol. The minimum absolute atomic E-state index is 0.179. The average Bonchev–Trinajstić information content (AvgIpc) is 2.94. The van der Waals surface area contributed by atoms with Crippen LogP contribution < -0.4 is 9.61 Å². The number of rotatable bonds is 24. The highest BCUT2D eigenvalue weighted by Gasteiger charge is 2.31. The molecule has 2 rings (SSSR count). The SMILES string of the molecule is CCCCCCCCCCCCCCCCCCOC(=O)[C@H](Cc1cc(F)cc(F)c1)NP(=O)(Cl)Oc1ccccc1. The fraction of sp³-hybridized carbons (Fsp3) is 0.606. The molecule has 0 bridgehead atoms. The van der Waals surface area contributed by atoms with Gasteiger partial charge in [-0.3, -0.25) is 4.79 Å². The molecule has 0 heterocycles. The molecule has 9 heteroatoms. The zero-order chi connectivity index (χ0) is 30.5. The summed E-state index contributed by atoms with van der Waals surface area (Å²) in [5.41, 5.74) is 0.195. The van der Waals surface area contributed by atoms with Gasteiger partial charge < -0.3 is 9.26 Å². The zero-order valence-corrected chi connectivity index (χ0v) is 26.8. The van der Waals surface area contributed by atoms with Crippen molar-refractivity contribution in [2.45, 2.75) is 122 Å². The first-order chi connectivity index (χ1) is 20.3. The Morgan fingerprint density at radius 3 is 1.76 bits per heavy atom. The second kappa shape index (κ2) is 21.7. The van der Waals surface area contributed by atoms with Gasteiger partial charge in [-0.2, -0.15) is 0 Å². The number of hydrogen-bond acceptors (Lipinski definition) is 4. The van der Waals surface area contributed by atoms with Gasteiger partial charge in [0.15, 0.2) is 0 Å². The smallest absolute Gasteiger partial charge is 0.409 e. The van der Waals surface area contributed by atoms with Crippen molar-refractivity contribution in [3.63, 3.8) is 0 Å². The van der Waals surface area contributed by atoms with Crippen molar-refractivity contribution in [3.8, 4) is 5.75 Å². The molecule has 5 nitrogen and oxygen atoms in total. The summed E-state index contributed by atoms with van der Waals surface area (Å²) in [4.78, 5) is 12.9. The van der Waals surface area contributed by atoms with Crippen molar-refractivity contribution in [2.24, 2.45) is 0 Å². The van der Waals surface area contributed by atoms with E-state index in [0.717, 1.165) is 37.5 Å². The molecule has 1 N–H and O–H groups in total. The largest absolute Gasteiger partial charge is 0.465 e. The molecule has 42 heavy (non-hydrogen) atoms. The van der Waals surface area contributed by atoms with E-state index in [-0.39, 0.29) is 24.3 Å². The fourth-order valence-electron chi connectivity index (χ4n) is 4.90. The lowest BCUT2D eigenvalue weighted by molar-refractivity contribution is -0.145. The van der Waals surface area contributed by atoms with Crippen LogP contribution in [0.25, 0.3) is 0 Å². The third-order valence-corrected chi connectivity index (χ3v) is 8.73. The molecule has 236 valence electrons. The van der Waals surface area contributed by atoms with E-state index in [1.165, 1.54) is 77.0 Å². The molecule has 1 unspecified atom stereocenters. The summed E-state index contributed by atoms with van der Waals surface area (Å²) in [5, 5.41) is 2.52. The molecule has 0 saturated heterocycles. The van der Waals surface area contributed by atoms with Crippen molar-refractivity contribution in [2.75, 3.05) is 6.61 Å². The molecule has 2 atom stereocenters. The summed E-state index contributed by atoms with van der Waals surface area (Å²) in [5.74, 6) is -2.02. The Morgan fingerprint density at radius 1 is 0.786 bits per heavy atom. The van der Waals surface area contributed by atoms with E-state index >= 15 is 0 Å². The Kier molecular flexibility index (Phi) is 18.7. The second-order valence-corrected chi connectivity index (χ2v) is 13.8. The summed E-state index contributed by atoms with van der Waals surface area (Å²) >= 11 is 6.11. The average molecular weight is 628 g/mol. The zero-order valence-electron chi connectivity index (χ0n) is 25.1. The highest BCUT2D eigenvalue weighted by molar-refractivity contribution is 7.84. The van der Waals surface area contributed by atoms with Crippen molar-refractivity contribution < 1.29 is 27.4 Å². The van der Waals surface area contributed by atoms with E-state index in [2.05, 4.69) is 12.0 Å². The van der Waals surface area contributed by atoms with Crippen LogP contribution in [-0.2, 0) is 20.5 Å². The van der Waals surface area contributed by atoms with E-state index < -0.39 is 30.5 Å². The summed E-state index contributed by atoms with van der Waals surface area (Å²) in [6.07, 6.45) is 19.7. The Labute approximate surface area is 256 Å². The number of nitrogens with one attached hydrogen (secondary N) is 1. The van der Waals surface area contributed by atoms with E-state index in [1.807, 2.05) is 0 Å². The highest BCUT2D eigenvalue weighted by atomic mass is 35.7. The van der Waals surface area contributed by atoms with Crippen LogP contribution in [0.5, 0.6) is 5.75 Å². The number of halogens is 3. The molecule has 0 saturated carbocycles. The van der Waals surface area contributed by atoms with Crippen LogP contribution in [0.3, 0.4) is 0 Å². The van der Waals surface area contributed by atoms with E-state index in [0.29, 0.717) is 6.42 Å². The second-order valence-electron chi connectivity index (χ2n) is 11.0. The van der Waals surface area contributed by atoms with Crippen LogP contribution in [0.1, 0.15) is 115 Å². The Morgan fingerprint density at radius 2 is 1.26 bits per heavy atom. The Hall–Kier alpha value is -1.95. The maximum Gasteiger partial charge on any atom is 0.409 e. The predicted molar refractivity (Wildman–Crippen MR) is 168 cm³/mol. The third kappa shape index (κ3) is 17.2. The lowest BCUT2D eigenvalue weighted by Gasteiger charge is -2.21. The lowest BCUT2D eigenvalue weighted by Crippen LogP contribution is -2.38. The van der Waals surface area contributed by atoms with Gasteiger partial charge >= 0.3 is 12.8 Å². The predicted octanol–water partition coefficient (Wildman–Crippen LogP) is 10.7. The first-order valence-electron chi connectivity index (χ1n) is 15.7. The molecule has 0 spiro atoms. The monoisotopic (exact) mass is 627 g/mol. The van der Waals surface area contributed by atoms with Crippen LogP contribution in [0.4, 0.5) is 8.78 Å². The number of carbonyl (C=O) groups excluding carboxylic acids is 1. The topological polar surface area (TPSA) is 64.6 Å². The molecular formula is C33H49ClF2NO4P. The van der Waals surface area contributed by atoms with Crippen LogP contribution >= 0.6 is 18.1 Å². The van der Waals surface area contributed by atoms with Crippen LogP contribution in [0.15, 0.2) is 48.5 Å². The minimum atomic E-state index is -4.03. The summed E-state index contributed by atoms with van der Waals surface area (Å²) in [6, 6.07) is 10.0. The molecule has 0 aromatic heterocycles. The number of unbranched alkanes of at least 4 members (excludes halogenated alkanes) is 15.